The predicted octanol–water partition coefficient (Wildman–Crippen LogP) is 4.31. The first-order valence-electron chi connectivity index (χ1n) is 7.63. The van der Waals surface area contributed by atoms with E-state index in [9.17, 15) is 0 Å². The third kappa shape index (κ3) is 2.98. The number of pyridine rings is 2. The van der Waals surface area contributed by atoms with Crippen molar-refractivity contribution in [1.82, 2.24) is 14.9 Å². The van der Waals surface area contributed by atoms with Crippen LogP contribution in [0.5, 0.6) is 0 Å². The summed E-state index contributed by atoms with van der Waals surface area (Å²) in [6.45, 7) is 2.66. The van der Waals surface area contributed by atoms with E-state index in [1.54, 1.807) is 6.20 Å². The maximum absolute atomic E-state index is 6.51. The van der Waals surface area contributed by atoms with Gasteiger partial charge in [-0.25, -0.2) is 0 Å². The van der Waals surface area contributed by atoms with Gasteiger partial charge in [0.1, 0.15) is 0 Å². The Morgan fingerprint density at radius 2 is 1.91 bits per heavy atom. The molecule has 0 radical (unpaired) electrons. The van der Waals surface area contributed by atoms with Crippen LogP contribution < -0.4 is 0 Å². The van der Waals surface area contributed by atoms with Gasteiger partial charge in [0.25, 0.3) is 0 Å². The molecule has 3 heterocycles. The SMILES string of the molecule is Clc1cc(-c2cccnc2)ccc1CN1Cc2cccnc2C1. The maximum atomic E-state index is 6.51. The Kier molecular flexibility index (Phi) is 3.82. The molecule has 3 nitrogen and oxygen atoms in total. The van der Waals surface area contributed by atoms with Crippen LogP contribution in [-0.4, -0.2) is 14.9 Å². The molecule has 0 spiro atoms. The van der Waals surface area contributed by atoms with Gasteiger partial charge in [0.2, 0.25) is 0 Å². The highest BCUT2D eigenvalue weighted by Crippen LogP contribution is 2.28. The smallest absolute Gasteiger partial charge is 0.0589 e. The second kappa shape index (κ2) is 6.11. The van der Waals surface area contributed by atoms with Gasteiger partial charge in [-0.05, 0) is 34.9 Å². The predicted molar refractivity (Wildman–Crippen MR) is 91.9 cm³/mol. The summed E-state index contributed by atoms with van der Waals surface area (Å²) in [5, 5.41) is 0.801. The van der Waals surface area contributed by atoms with E-state index in [4.69, 9.17) is 11.6 Å². The van der Waals surface area contributed by atoms with Crippen LogP contribution in [0.25, 0.3) is 11.1 Å². The van der Waals surface area contributed by atoms with Crippen molar-refractivity contribution in [2.24, 2.45) is 0 Å². The second-order valence-corrected chi connectivity index (χ2v) is 6.21. The molecule has 0 bridgehead atoms. The van der Waals surface area contributed by atoms with E-state index in [1.165, 1.54) is 11.3 Å². The first-order chi connectivity index (χ1) is 11.3. The summed E-state index contributed by atoms with van der Waals surface area (Å²) in [6, 6.07) is 14.4. The summed E-state index contributed by atoms with van der Waals surface area (Å²) in [4.78, 5) is 11.0. The van der Waals surface area contributed by atoms with E-state index < -0.39 is 0 Å². The molecule has 3 aromatic rings. The van der Waals surface area contributed by atoms with Gasteiger partial charge in [-0.2, -0.15) is 0 Å². The molecule has 4 heteroatoms. The summed E-state index contributed by atoms with van der Waals surface area (Å²) >= 11 is 6.51. The van der Waals surface area contributed by atoms with Gasteiger partial charge in [0, 0.05) is 48.8 Å². The van der Waals surface area contributed by atoms with Crippen LogP contribution in [0.2, 0.25) is 5.02 Å². The Bertz CT molecular complexity index is 808. The lowest BCUT2D eigenvalue weighted by molar-refractivity contribution is 0.274. The molecule has 0 fully saturated rings. The minimum Gasteiger partial charge on any atom is -0.289 e. The standard InChI is InChI=1S/C19H16ClN3/c20-18-9-14(15-3-1-7-21-10-15)5-6-16(18)11-23-12-17-4-2-8-22-19(17)13-23/h1-10H,11-13H2. The lowest BCUT2D eigenvalue weighted by Crippen LogP contribution is -2.16. The van der Waals surface area contributed by atoms with Crippen molar-refractivity contribution < 1.29 is 0 Å². The monoisotopic (exact) mass is 321 g/mol. The van der Waals surface area contributed by atoms with Crippen LogP contribution >= 0.6 is 11.6 Å². The lowest BCUT2D eigenvalue weighted by atomic mass is 10.1. The normalized spacial score (nSPS) is 14.0. The molecule has 0 saturated heterocycles. The molecular weight excluding hydrogens is 306 g/mol. The Labute approximate surface area is 140 Å². The summed E-state index contributed by atoms with van der Waals surface area (Å²) in [5.74, 6) is 0. The van der Waals surface area contributed by atoms with Crippen LogP contribution in [0.15, 0.2) is 61.1 Å². The molecule has 0 saturated carbocycles. The lowest BCUT2D eigenvalue weighted by Gasteiger charge is -2.16. The molecule has 4 rings (SSSR count). The Morgan fingerprint density at radius 3 is 2.70 bits per heavy atom. The number of benzene rings is 1. The first-order valence-corrected chi connectivity index (χ1v) is 8.01. The zero-order valence-electron chi connectivity index (χ0n) is 12.6. The van der Waals surface area contributed by atoms with Gasteiger partial charge in [-0.1, -0.05) is 35.9 Å². The number of hydrogen-bond donors (Lipinski definition) is 0. The van der Waals surface area contributed by atoms with Gasteiger partial charge < -0.3 is 0 Å². The van der Waals surface area contributed by atoms with Gasteiger partial charge in [-0.3, -0.25) is 14.9 Å². The topological polar surface area (TPSA) is 29.0 Å². The minimum absolute atomic E-state index is 0.801. The highest BCUT2D eigenvalue weighted by Gasteiger charge is 2.20. The Hall–Kier alpha value is -2.23. The van der Waals surface area contributed by atoms with E-state index >= 15 is 0 Å². The first kappa shape index (κ1) is 14.4. The molecule has 23 heavy (non-hydrogen) atoms. The van der Waals surface area contributed by atoms with E-state index in [2.05, 4.69) is 33.1 Å². The van der Waals surface area contributed by atoms with E-state index in [0.717, 1.165) is 41.3 Å². The molecule has 2 aromatic heterocycles. The Balaban J connectivity index is 1.53. The van der Waals surface area contributed by atoms with Crippen molar-refractivity contribution in [3.8, 4) is 11.1 Å². The number of halogens is 1. The van der Waals surface area contributed by atoms with Crippen LogP contribution in [0.3, 0.4) is 0 Å². The van der Waals surface area contributed by atoms with Gasteiger partial charge in [0.05, 0.1) is 5.69 Å². The average molecular weight is 322 g/mol. The highest BCUT2D eigenvalue weighted by atomic mass is 35.5. The third-order valence-corrected chi connectivity index (χ3v) is 4.55. The molecule has 1 aliphatic rings. The van der Waals surface area contributed by atoms with Crippen molar-refractivity contribution in [2.75, 3.05) is 0 Å². The zero-order chi connectivity index (χ0) is 15.6. The van der Waals surface area contributed by atoms with Crippen LogP contribution in [0.4, 0.5) is 0 Å². The summed E-state index contributed by atoms with van der Waals surface area (Å²) in [6.07, 6.45) is 5.49. The average Bonchev–Trinajstić information content (AvgIpc) is 3.00. The van der Waals surface area contributed by atoms with E-state index in [-0.39, 0.29) is 0 Å². The fourth-order valence-electron chi connectivity index (χ4n) is 3.01. The second-order valence-electron chi connectivity index (χ2n) is 5.80. The quantitative estimate of drug-likeness (QED) is 0.719. The number of hydrogen-bond acceptors (Lipinski definition) is 3. The maximum Gasteiger partial charge on any atom is 0.0589 e. The summed E-state index contributed by atoms with van der Waals surface area (Å²) < 4.78 is 0. The van der Waals surface area contributed by atoms with Crippen LogP contribution in [-0.2, 0) is 19.6 Å². The molecule has 0 unspecified atom stereocenters. The van der Waals surface area contributed by atoms with Gasteiger partial charge in [0.15, 0.2) is 0 Å². The molecule has 114 valence electrons. The van der Waals surface area contributed by atoms with Gasteiger partial charge in [-0.15, -0.1) is 0 Å². The number of aromatic nitrogens is 2. The summed E-state index contributed by atoms with van der Waals surface area (Å²) in [7, 11) is 0. The molecule has 1 aromatic carbocycles. The third-order valence-electron chi connectivity index (χ3n) is 4.19. The fourth-order valence-corrected chi connectivity index (χ4v) is 3.25. The largest absolute Gasteiger partial charge is 0.289 e. The molecular formula is C19H16ClN3. The van der Waals surface area contributed by atoms with E-state index in [0.29, 0.717) is 0 Å². The number of nitrogens with zero attached hydrogens (tertiary/aromatic N) is 3. The molecule has 1 aliphatic heterocycles. The van der Waals surface area contributed by atoms with Crippen molar-refractivity contribution in [1.29, 1.82) is 0 Å². The Morgan fingerprint density at radius 1 is 1.00 bits per heavy atom. The van der Waals surface area contributed by atoms with Crippen molar-refractivity contribution in [2.45, 2.75) is 19.6 Å². The summed E-state index contributed by atoms with van der Waals surface area (Å²) in [5.41, 5.74) is 5.82. The van der Waals surface area contributed by atoms with Crippen molar-refractivity contribution >= 4 is 11.6 Å². The zero-order valence-corrected chi connectivity index (χ0v) is 13.4. The number of rotatable bonds is 3. The van der Waals surface area contributed by atoms with Crippen LogP contribution in [0.1, 0.15) is 16.8 Å². The van der Waals surface area contributed by atoms with Crippen LogP contribution in [0, 0.1) is 0 Å². The molecule has 0 N–H and O–H groups in total. The number of fused-ring (bicyclic) bond motifs is 1. The molecule has 0 amide bonds. The molecule has 0 atom stereocenters. The fraction of sp³-hybridized carbons (Fsp3) is 0.158. The van der Waals surface area contributed by atoms with Gasteiger partial charge >= 0.3 is 0 Å². The highest BCUT2D eigenvalue weighted by molar-refractivity contribution is 6.31. The van der Waals surface area contributed by atoms with E-state index in [1.807, 2.05) is 36.7 Å². The van der Waals surface area contributed by atoms with Crippen molar-refractivity contribution in [3.05, 3.63) is 82.9 Å². The molecule has 0 aliphatic carbocycles. The van der Waals surface area contributed by atoms with Crippen molar-refractivity contribution in [3.63, 3.8) is 0 Å². The minimum atomic E-state index is 0.801.